The number of nitrogens with one attached hydrogen (secondary N) is 1. The van der Waals surface area contributed by atoms with Gasteiger partial charge in [-0.2, -0.15) is 0 Å². The van der Waals surface area contributed by atoms with Crippen LogP contribution in [0, 0.1) is 0 Å². The van der Waals surface area contributed by atoms with Crippen molar-refractivity contribution >= 4 is 11.6 Å². The second kappa shape index (κ2) is 7.73. The molecule has 1 fully saturated rings. The van der Waals surface area contributed by atoms with Crippen LogP contribution in [0.5, 0.6) is 5.75 Å². The Morgan fingerprint density at radius 1 is 1.32 bits per heavy atom. The molecule has 1 aliphatic rings. The summed E-state index contributed by atoms with van der Waals surface area (Å²) in [5, 5.41) is 4.08. The van der Waals surface area contributed by atoms with Crippen LogP contribution in [0.4, 0.5) is 0 Å². The Hall–Kier alpha value is -0.770. The molecule has 2 rings (SSSR count). The van der Waals surface area contributed by atoms with Crippen molar-refractivity contribution in [2.24, 2.45) is 0 Å². The number of rotatable bonds is 7. The summed E-state index contributed by atoms with van der Waals surface area (Å²) < 4.78 is 5.91. The molecule has 0 spiro atoms. The average Bonchev–Trinajstić information content (AvgIpc) is 2.91. The first-order valence-corrected chi connectivity index (χ1v) is 7.52. The summed E-state index contributed by atoms with van der Waals surface area (Å²) in [5.74, 6) is 0.910. The van der Waals surface area contributed by atoms with Crippen molar-refractivity contribution in [1.29, 1.82) is 0 Å². The molecule has 0 aromatic heterocycles. The van der Waals surface area contributed by atoms with Gasteiger partial charge in [0.1, 0.15) is 12.4 Å². The quantitative estimate of drug-likeness (QED) is 0.832. The first kappa shape index (κ1) is 14.6. The summed E-state index contributed by atoms with van der Waals surface area (Å²) >= 11 is 6.24. The minimum Gasteiger partial charge on any atom is -0.492 e. The molecule has 1 aliphatic heterocycles. The van der Waals surface area contributed by atoms with Gasteiger partial charge < -0.3 is 10.1 Å². The molecular weight excluding hydrogens is 260 g/mol. The van der Waals surface area contributed by atoms with Crippen LogP contribution in [-0.2, 0) is 6.54 Å². The standard InChI is InChI=1S/C15H23ClN2O/c1-2-17-12-13-14(16)6-5-7-15(13)19-11-10-18-8-3-4-9-18/h5-7,17H,2-4,8-12H2,1H3. The Bertz CT molecular complexity index is 392. The van der Waals surface area contributed by atoms with Crippen molar-refractivity contribution < 1.29 is 4.74 Å². The van der Waals surface area contributed by atoms with Crippen molar-refractivity contribution in [1.82, 2.24) is 10.2 Å². The van der Waals surface area contributed by atoms with Gasteiger partial charge in [0.25, 0.3) is 0 Å². The molecule has 0 radical (unpaired) electrons. The molecule has 19 heavy (non-hydrogen) atoms. The smallest absolute Gasteiger partial charge is 0.125 e. The summed E-state index contributed by atoms with van der Waals surface area (Å²) in [7, 11) is 0. The number of benzene rings is 1. The lowest BCUT2D eigenvalue weighted by Gasteiger charge is -2.17. The highest BCUT2D eigenvalue weighted by atomic mass is 35.5. The SMILES string of the molecule is CCNCc1c(Cl)cccc1OCCN1CCCC1. The highest BCUT2D eigenvalue weighted by Crippen LogP contribution is 2.26. The highest BCUT2D eigenvalue weighted by molar-refractivity contribution is 6.31. The number of ether oxygens (including phenoxy) is 1. The molecule has 3 nitrogen and oxygen atoms in total. The first-order valence-electron chi connectivity index (χ1n) is 7.14. The maximum absolute atomic E-state index is 6.24. The van der Waals surface area contributed by atoms with Crippen LogP contribution in [0.1, 0.15) is 25.3 Å². The van der Waals surface area contributed by atoms with E-state index in [-0.39, 0.29) is 0 Å². The third-order valence-electron chi connectivity index (χ3n) is 3.49. The van der Waals surface area contributed by atoms with Crippen molar-refractivity contribution in [3.05, 3.63) is 28.8 Å². The topological polar surface area (TPSA) is 24.5 Å². The monoisotopic (exact) mass is 282 g/mol. The molecule has 4 heteroatoms. The third-order valence-corrected chi connectivity index (χ3v) is 3.85. The zero-order valence-corrected chi connectivity index (χ0v) is 12.4. The molecular formula is C15H23ClN2O. The van der Waals surface area contributed by atoms with Gasteiger partial charge in [-0.25, -0.2) is 0 Å². The Kier molecular flexibility index (Phi) is 5.95. The predicted molar refractivity (Wildman–Crippen MR) is 80.0 cm³/mol. The van der Waals surface area contributed by atoms with E-state index in [1.54, 1.807) is 0 Å². The van der Waals surface area contributed by atoms with Crippen molar-refractivity contribution in [2.45, 2.75) is 26.3 Å². The van der Waals surface area contributed by atoms with Crippen LogP contribution in [0.3, 0.4) is 0 Å². The second-order valence-electron chi connectivity index (χ2n) is 4.89. The maximum Gasteiger partial charge on any atom is 0.125 e. The van der Waals surface area contributed by atoms with E-state index in [1.165, 1.54) is 25.9 Å². The predicted octanol–water partition coefficient (Wildman–Crippen LogP) is 2.92. The average molecular weight is 283 g/mol. The fourth-order valence-electron chi connectivity index (χ4n) is 2.39. The highest BCUT2D eigenvalue weighted by Gasteiger charge is 2.12. The Morgan fingerprint density at radius 3 is 2.84 bits per heavy atom. The molecule has 1 heterocycles. The van der Waals surface area contributed by atoms with Crippen LogP contribution >= 0.6 is 11.6 Å². The van der Waals surface area contributed by atoms with Crippen LogP contribution in [0.25, 0.3) is 0 Å². The van der Waals surface area contributed by atoms with Crippen molar-refractivity contribution in [2.75, 3.05) is 32.8 Å². The van der Waals surface area contributed by atoms with Crippen molar-refractivity contribution in [3.8, 4) is 5.75 Å². The normalized spacial score (nSPS) is 15.9. The van der Waals surface area contributed by atoms with Gasteiger partial charge in [-0.1, -0.05) is 24.6 Å². The van der Waals surface area contributed by atoms with Crippen LogP contribution in [0.2, 0.25) is 5.02 Å². The molecule has 1 aromatic rings. The number of nitrogens with zero attached hydrogens (tertiary/aromatic N) is 1. The number of hydrogen-bond donors (Lipinski definition) is 1. The molecule has 1 N–H and O–H groups in total. The summed E-state index contributed by atoms with van der Waals surface area (Å²) in [6.07, 6.45) is 2.64. The first-order chi connectivity index (χ1) is 9.31. The van der Waals surface area contributed by atoms with E-state index in [0.717, 1.165) is 42.6 Å². The number of likely N-dealkylation sites (tertiary alicyclic amines) is 1. The van der Waals surface area contributed by atoms with Crippen LogP contribution < -0.4 is 10.1 Å². The van der Waals surface area contributed by atoms with E-state index in [0.29, 0.717) is 0 Å². The lowest BCUT2D eigenvalue weighted by Crippen LogP contribution is -2.25. The van der Waals surface area contributed by atoms with Gasteiger partial charge >= 0.3 is 0 Å². The molecule has 1 aromatic carbocycles. The van der Waals surface area contributed by atoms with Crippen LogP contribution in [-0.4, -0.2) is 37.7 Å². The fraction of sp³-hybridized carbons (Fsp3) is 0.600. The van der Waals surface area contributed by atoms with Crippen LogP contribution in [0.15, 0.2) is 18.2 Å². The molecule has 0 amide bonds. The zero-order chi connectivity index (χ0) is 13.5. The van der Waals surface area contributed by atoms with E-state index >= 15 is 0 Å². The lowest BCUT2D eigenvalue weighted by molar-refractivity contribution is 0.236. The summed E-state index contributed by atoms with van der Waals surface area (Å²) in [6, 6.07) is 5.87. The number of halogens is 1. The summed E-state index contributed by atoms with van der Waals surface area (Å²) in [6.45, 7) is 7.94. The summed E-state index contributed by atoms with van der Waals surface area (Å²) in [4.78, 5) is 2.45. The van der Waals surface area contributed by atoms with E-state index in [9.17, 15) is 0 Å². The van der Waals surface area contributed by atoms with E-state index in [4.69, 9.17) is 16.3 Å². The van der Waals surface area contributed by atoms with Gasteiger partial charge in [-0.05, 0) is 44.6 Å². The van der Waals surface area contributed by atoms with Gasteiger partial charge in [-0.15, -0.1) is 0 Å². The Morgan fingerprint density at radius 2 is 2.11 bits per heavy atom. The minimum atomic E-state index is 0.736. The molecule has 0 aliphatic carbocycles. The molecule has 0 saturated carbocycles. The molecule has 0 bridgehead atoms. The minimum absolute atomic E-state index is 0.736. The Balaban J connectivity index is 1.88. The number of hydrogen-bond acceptors (Lipinski definition) is 3. The zero-order valence-electron chi connectivity index (χ0n) is 11.6. The molecule has 0 atom stereocenters. The van der Waals surface area contributed by atoms with Gasteiger partial charge in [0.2, 0.25) is 0 Å². The molecule has 106 valence electrons. The summed E-state index contributed by atoms with van der Waals surface area (Å²) in [5.41, 5.74) is 1.06. The largest absolute Gasteiger partial charge is 0.492 e. The van der Waals surface area contributed by atoms with Crippen molar-refractivity contribution in [3.63, 3.8) is 0 Å². The van der Waals surface area contributed by atoms with Gasteiger partial charge in [0, 0.05) is 23.7 Å². The maximum atomic E-state index is 6.24. The Labute approximate surface area is 120 Å². The van der Waals surface area contributed by atoms with E-state index in [1.807, 2.05) is 18.2 Å². The van der Waals surface area contributed by atoms with Gasteiger partial charge in [0.05, 0.1) is 0 Å². The van der Waals surface area contributed by atoms with E-state index in [2.05, 4.69) is 17.1 Å². The van der Waals surface area contributed by atoms with Gasteiger partial charge in [-0.3, -0.25) is 4.90 Å². The van der Waals surface area contributed by atoms with Gasteiger partial charge in [0.15, 0.2) is 0 Å². The lowest BCUT2D eigenvalue weighted by atomic mass is 10.2. The second-order valence-corrected chi connectivity index (χ2v) is 5.30. The fourth-order valence-corrected chi connectivity index (χ4v) is 2.62. The van der Waals surface area contributed by atoms with E-state index < -0.39 is 0 Å². The third kappa shape index (κ3) is 4.37. The molecule has 1 saturated heterocycles. The molecule has 0 unspecified atom stereocenters.